The van der Waals surface area contributed by atoms with Gasteiger partial charge in [-0.3, -0.25) is 9.59 Å². The molecule has 0 bridgehead atoms. The van der Waals surface area contributed by atoms with Crippen LogP contribution in [0.4, 0.5) is 0 Å². The normalized spacial score (nSPS) is 14.5. The van der Waals surface area contributed by atoms with Crippen LogP contribution in [0.3, 0.4) is 0 Å². The third-order valence-corrected chi connectivity index (χ3v) is 4.45. The fraction of sp³-hybridized carbons (Fsp3) is 0.588. The van der Waals surface area contributed by atoms with Crippen molar-refractivity contribution in [2.45, 2.75) is 59.5 Å². The van der Waals surface area contributed by atoms with Crippen LogP contribution >= 0.6 is 0 Å². The maximum Gasteiger partial charge on any atom is 0.254 e. The molecule has 1 aliphatic heterocycles. The number of carbonyl (C=O) groups excluding carboxylic acids is 1. The number of hydrogen-bond acceptors (Lipinski definition) is 5. The van der Waals surface area contributed by atoms with Gasteiger partial charge in [-0.1, -0.05) is 20.8 Å². The summed E-state index contributed by atoms with van der Waals surface area (Å²) >= 11 is 0. The van der Waals surface area contributed by atoms with E-state index >= 15 is 0 Å². The van der Waals surface area contributed by atoms with E-state index in [0.29, 0.717) is 36.7 Å². The summed E-state index contributed by atoms with van der Waals surface area (Å²) in [5, 5.41) is 8.54. The van der Waals surface area contributed by atoms with Crippen LogP contribution in [-0.2, 0) is 29.7 Å². The predicted molar refractivity (Wildman–Crippen MR) is 92.2 cm³/mol. The second-order valence-corrected chi connectivity index (χ2v) is 7.55. The van der Waals surface area contributed by atoms with E-state index in [2.05, 4.69) is 45.5 Å². The molecule has 0 aliphatic carbocycles. The molecule has 1 aliphatic rings. The minimum Gasteiger partial charge on any atom is -0.333 e. The second-order valence-electron chi connectivity index (χ2n) is 7.55. The van der Waals surface area contributed by atoms with Gasteiger partial charge in [0.05, 0.1) is 13.0 Å². The number of nitrogens with zero attached hydrogens (tertiary/aromatic N) is 5. The van der Waals surface area contributed by atoms with Crippen molar-refractivity contribution in [3.63, 3.8) is 0 Å². The molecule has 0 atom stereocenters. The molecule has 25 heavy (non-hydrogen) atoms. The maximum atomic E-state index is 12.7. The molecule has 1 N–H and O–H groups in total. The number of hydrogen-bond donors (Lipinski definition) is 1. The van der Waals surface area contributed by atoms with Gasteiger partial charge >= 0.3 is 0 Å². The molecule has 0 saturated carbocycles. The molecule has 0 unspecified atom stereocenters. The Balaban J connectivity index is 1.78. The summed E-state index contributed by atoms with van der Waals surface area (Å²) < 4.78 is 2.09. The number of carbonyl (C=O) groups is 1. The van der Waals surface area contributed by atoms with Crippen molar-refractivity contribution in [2.24, 2.45) is 0 Å². The molecule has 8 heteroatoms. The van der Waals surface area contributed by atoms with Gasteiger partial charge in [-0.25, -0.2) is 4.98 Å². The lowest BCUT2D eigenvalue weighted by Crippen LogP contribution is -2.41. The minimum atomic E-state index is -0.242. The Labute approximate surface area is 146 Å². The van der Waals surface area contributed by atoms with Crippen LogP contribution in [0.2, 0.25) is 0 Å². The summed E-state index contributed by atoms with van der Waals surface area (Å²) in [4.78, 5) is 33.4. The van der Waals surface area contributed by atoms with Crippen molar-refractivity contribution < 1.29 is 4.79 Å². The van der Waals surface area contributed by atoms with Crippen LogP contribution in [-0.4, -0.2) is 42.1 Å². The first-order chi connectivity index (χ1) is 11.7. The summed E-state index contributed by atoms with van der Waals surface area (Å²) in [6.07, 6.45) is 0.0503. The van der Waals surface area contributed by atoms with E-state index in [0.717, 1.165) is 11.6 Å². The standard InChI is InChI=1S/C17H24N6O2/c1-10-12(15(25)19-11(2)18-10)8-14(24)22-6-7-23-13(9-22)20-21-16(23)17(3,4)5/h6-9H2,1-5H3,(H,18,19,25). The van der Waals surface area contributed by atoms with Crippen molar-refractivity contribution in [2.75, 3.05) is 6.54 Å². The number of H-pyrrole nitrogens is 1. The maximum absolute atomic E-state index is 12.7. The van der Waals surface area contributed by atoms with Crippen LogP contribution in [0.25, 0.3) is 0 Å². The van der Waals surface area contributed by atoms with Crippen molar-refractivity contribution >= 4 is 5.91 Å². The molecule has 0 fully saturated rings. The van der Waals surface area contributed by atoms with E-state index in [1.54, 1.807) is 18.7 Å². The summed E-state index contributed by atoms with van der Waals surface area (Å²) in [5.74, 6) is 2.19. The van der Waals surface area contributed by atoms with Gasteiger partial charge in [-0.15, -0.1) is 10.2 Å². The molecule has 3 heterocycles. The highest BCUT2D eigenvalue weighted by Crippen LogP contribution is 2.23. The van der Waals surface area contributed by atoms with Gasteiger partial charge in [0.1, 0.15) is 11.6 Å². The number of aromatic nitrogens is 5. The zero-order valence-corrected chi connectivity index (χ0v) is 15.4. The average Bonchev–Trinajstić information content (AvgIpc) is 2.93. The number of nitrogens with one attached hydrogen (secondary N) is 1. The third kappa shape index (κ3) is 3.33. The highest BCUT2D eigenvalue weighted by Gasteiger charge is 2.29. The summed E-state index contributed by atoms with van der Waals surface area (Å²) in [7, 11) is 0. The van der Waals surface area contributed by atoms with Crippen molar-refractivity contribution in [3.05, 3.63) is 39.1 Å². The first-order valence-corrected chi connectivity index (χ1v) is 8.43. The van der Waals surface area contributed by atoms with Crippen LogP contribution in [0.5, 0.6) is 0 Å². The van der Waals surface area contributed by atoms with Crippen LogP contribution in [0.1, 0.15) is 49.5 Å². The van der Waals surface area contributed by atoms with Crippen LogP contribution in [0.15, 0.2) is 4.79 Å². The number of rotatable bonds is 2. The molecule has 0 radical (unpaired) electrons. The van der Waals surface area contributed by atoms with Gasteiger partial charge in [0.25, 0.3) is 5.56 Å². The van der Waals surface area contributed by atoms with Crippen LogP contribution < -0.4 is 5.56 Å². The molecule has 2 aromatic rings. The molecule has 0 saturated heterocycles. The molecule has 1 amide bonds. The lowest BCUT2D eigenvalue weighted by atomic mass is 9.95. The van der Waals surface area contributed by atoms with Crippen molar-refractivity contribution in [1.82, 2.24) is 29.6 Å². The Kier molecular flexibility index (Phi) is 4.22. The Hall–Kier alpha value is -2.51. The Bertz CT molecular complexity index is 874. The molecule has 134 valence electrons. The van der Waals surface area contributed by atoms with Crippen molar-refractivity contribution in [1.29, 1.82) is 0 Å². The van der Waals surface area contributed by atoms with Crippen molar-refractivity contribution in [3.8, 4) is 0 Å². The van der Waals surface area contributed by atoms with Gasteiger partial charge in [-0.2, -0.15) is 0 Å². The number of aryl methyl sites for hydroxylation is 2. The van der Waals surface area contributed by atoms with Gasteiger partial charge in [0.15, 0.2) is 5.82 Å². The van der Waals surface area contributed by atoms with E-state index in [1.807, 2.05) is 0 Å². The second kappa shape index (κ2) is 6.09. The zero-order chi connectivity index (χ0) is 18.4. The molecule has 2 aromatic heterocycles. The monoisotopic (exact) mass is 344 g/mol. The molecule has 0 spiro atoms. The first-order valence-electron chi connectivity index (χ1n) is 8.43. The molecule has 8 nitrogen and oxygen atoms in total. The van der Waals surface area contributed by atoms with E-state index in [9.17, 15) is 9.59 Å². The largest absolute Gasteiger partial charge is 0.333 e. The summed E-state index contributed by atoms with van der Waals surface area (Å²) in [5.41, 5.74) is 0.700. The number of aromatic amines is 1. The Morgan fingerprint density at radius 2 is 1.92 bits per heavy atom. The molecular weight excluding hydrogens is 320 g/mol. The Morgan fingerprint density at radius 3 is 2.56 bits per heavy atom. The van der Waals surface area contributed by atoms with Gasteiger partial charge in [-0.05, 0) is 13.8 Å². The quantitative estimate of drug-likeness (QED) is 0.871. The molecule has 3 rings (SSSR count). The highest BCUT2D eigenvalue weighted by molar-refractivity contribution is 5.79. The summed E-state index contributed by atoms with van der Waals surface area (Å²) in [6.45, 7) is 11.4. The fourth-order valence-corrected chi connectivity index (χ4v) is 3.15. The molecular formula is C17H24N6O2. The third-order valence-electron chi connectivity index (χ3n) is 4.45. The number of fused-ring (bicyclic) bond motifs is 1. The van der Waals surface area contributed by atoms with E-state index < -0.39 is 0 Å². The molecule has 0 aromatic carbocycles. The van der Waals surface area contributed by atoms with Gasteiger partial charge in [0.2, 0.25) is 5.91 Å². The van der Waals surface area contributed by atoms with Crippen LogP contribution in [0, 0.1) is 13.8 Å². The van der Waals surface area contributed by atoms with E-state index in [4.69, 9.17) is 0 Å². The summed E-state index contributed by atoms with van der Waals surface area (Å²) in [6, 6.07) is 0. The zero-order valence-electron chi connectivity index (χ0n) is 15.4. The van der Waals surface area contributed by atoms with Gasteiger partial charge < -0.3 is 14.5 Å². The lowest BCUT2D eigenvalue weighted by Gasteiger charge is -2.29. The van der Waals surface area contributed by atoms with Gasteiger partial charge in [0, 0.05) is 29.8 Å². The Morgan fingerprint density at radius 1 is 1.20 bits per heavy atom. The minimum absolute atomic E-state index is 0.0503. The highest BCUT2D eigenvalue weighted by atomic mass is 16.2. The lowest BCUT2D eigenvalue weighted by molar-refractivity contribution is -0.132. The van der Waals surface area contributed by atoms with E-state index in [1.165, 1.54) is 0 Å². The smallest absolute Gasteiger partial charge is 0.254 e. The number of amides is 1. The first kappa shape index (κ1) is 17.3. The fourth-order valence-electron chi connectivity index (χ4n) is 3.15. The average molecular weight is 344 g/mol. The topological polar surface area (TPSA) is 96.8 Å². The SMILES string of the molecule is Cc1nc(C)c(CC(=O)N2CCn3c(nnc3C(C)(C)C)C2)c(=O)[nH]1. The van der Waals surface area contributed by atoms with E-state index in [-0.39, 0.29) is 23.3 Å². The predicted octanol–water partition coefficient (Wildman–Crippen LogP) is 0.861.